The third kappa shape index (κ3) is 4.81. The first kappa shape index (κ1) is 20.6. The average Bonchev–Trinajstić information content (AvgIpc) is 3.13. The number of hydrogen-bond acceptors (Lipinski definition) is 3. The minimum Gasteiger partial charge on any atom is -0.306 e. The molecule has 2 heterocycles. The number of aryl methyl sites for hydroxylation is 1. The number of hydrogen-bond donors (Lipinski definition) is 1. The molecule has 0 aliphatic carbocycles. The Labute approximate surface area is 174 Å². The lowest BCUT2D eigenvalue weighted by molar-refractivity contribution is -0.117. The Morgan fingerprint density at radius 1 is 1.18 bits per heavy atom. The maximum Gasteiger partial charge on any atom is 0.282 e. The maximum atomic E-state index is 12.7. The molecule has 0 fully saturated rings. The third-order valence-electron chi connectivity index (χ3n) is 3.84. The number of carbonyl (C=O) groups excluding carboxylic acids is 1. The topological polar surface area (TPSA) is 64.7 Å². The molecule has 1 amide bonds. The van der Waals surface area contributed by atoms with Crippen molar-refractivity contribution >= 4 is 46.5 Å². The highest BCUT2D eigenvalue weighted by molar-refractivity contribution is 6.35. The summed E-state index contributed by atoms with van der Waals surface area (Å²) < 4.78 is 28.1. The van der Waals surface area contributed by atoms with Crippen LogP contribution in [0, 0.1) is 6.92 Å². The van der Waals surface area contributed by atoms with Gasteiger partial charge >= 0.3 is 0 Å². The number of amides is 1. The molecule has 0 radical (unpaired) electrons. The van der Waals surface area contributed by atoms with Crippen molar-refractivity contribution in [2.45, 2.75) is 26.4 Å². The largest absolute Gasteiger partial charge is 0.306 e. The minimum atomic E-state index is -2.70. The standard InChI is InChI=1S/C17H14Cl3F2N5O/c1-9-4-14(16(21)22)24-27(9)8-15(28)23-17-13(20)7-26(25-17)6-10-2-3-11(18)5-12(10)19/h2-5,7,16H,6,8H2,1H3,(H,23,25,28). The lowest BCUT2D eigenvalue weighted by atomic mass is 10.2. The first-order valence-corrected chi connectivity index (χ1v) is 9.15. The molecule has 0 spiro atoms. The number of carbonyl (C=O) groups is 1. The van der Waals surface area contributed by atoms with Crippen LogP contribution in [0.1, 0.15) is 23.4 Å². The zero-order chi connectivity index (χ0) is 20.4. The number of aromatic nitrogens is 4. The molecule has 2 aromatic heterocycles. The molecule has 6 nitrogen and oxygen atoms in total. The summed E-state index contributed by atoms with van der Waals surface area (Å²) in [6, 6.07) is 6.32. The Kier molecular flexibility index (Phi) is 6.22. The molecular weight excluding hydrogens is 435 g/mol. The van der Waals surface area contributed by atoms with Crippen LogP contribution in [0.25, 0.3) is 0 Å². The minimum absolute atomic E-state index is 0.149. The van der Waals surface area contributed by atoms with Gasteiger partial charge in [0.05, 0.1) is 6.54 Å². The van der Waals surface area contributed by atoms with Crippen LogP contribution in [0.15, 0.2) is 30.5 Å². The van der Waals surface area contributed by atoms with Gasteiger partial charge in [0.25, 0.3) is 6.43 Å². The molecule has 0 bridgehead atoms. The summed E-state index contributed by atoms with van der Waals surface area (Å²) in [7, 11) is 0. The fourth-order valence-electron chi connectivity index (χ4n) is 2.50. The van der Waals surface area contributed by atoms with Crippen molar-refractivity contribution in [3.63, 3.8) is 0 Å². The van der Waals surface area contributed by atoms with Crippen molar-refractivity contribution in [3.8, 4) is 0 Å². The van der Waals surface area contributed by atoms with Crippen molar-refractivity contribution in [2.24, 2.45) is 0 Å². The summed E-state index contributed by atoms with van der Waals surface area (Å²) in [5.41, 5.74) is 0.835. The fraction of sp³-hybridized carbons (Fsp3) is 0.235. The highest BCUT2D eigenvalue weighted by atomic mass is 35.5. The number of anilines is 1. The van der Waals surface area contributed by atoms with Crippen LogP contribution in [-0.2, 0) is 17.9 Å². The molecule has 3 aromatic rings. The average molecular weight is 449 g/mol. The summed E-state index contributed by atoms with van der Waals surface area (Å²) in [6.07, 6.45) is -1.16. The second-order valence-corrected chi connectivity index (χ2v) is 7.23. The Hall–Kier alpha value is -2.16. The second-order valence-electron chi connectivity index (χ2n) is 5.98. The van der Waals surface area contributed by atoms with Gasteiger partial charge in [-0.15, -0.1) is 0 Å². The van der Waals surface area contributed by atoms with Gasteiger partial charge in [0.15, 0.2) is 5.82 Å². The molecule has 1 N–H and O–H groups in total. The van der Waals surface area contributed by atoms with E-state index in [0.29, 0.717) is 22.3 Å². The van der Waals surface area contributed by atoms with Gasteiger partial charge in [-0.2, -0.15) is 10.2 Å². The normalized spacial score (nSPS) is 11.2. The fourth-order valence-corrected chi connectivity index (χ4v) is 3.16. The number of alkyl halides is 2. The third-order valence-corrected chi connectivity index (χ3v) is 4.70. The molecule has 11 heteroatoms. The van der Waals surface area contributed by atoms with Crippen LogP contribution in [0.4, 0.5) is 14.6 Å². The molecule has 0 unspecified atom stereocenters. The van der Waals surface area contributed by atoms with E-state index in [2.05, 4.69) is 15.5 Å². The highest BCUT2D eigenvalue weighted by Gasteiger charge is 2.17. The Morgan fingerprint density at radius 2 is 1.93 bits per heavy atom. The second kappa shape index (κ2) is 8.46. The van der Waals surface area contributed by atoms with E-state index in [9.17, 15) is 13.6 Å². The van der Waals surface area contributed by atoms with Gasteiger partial charge in [0.2, 0.25) is 5.91 Å². The summed E-state index contributed by atoms with van der Waals surface area (Å²) in [4.78, 5) is 12.2. The predicted octanol–water partition coefficient (Wildman–Crippen LogP) is 4.97. The van der Waals surface area contributed by atoms with E-state index in [-0.39, 0.29) is 23.1 Å². The number of nitrogens with zero attached hydrogens (tertiary/aromatic N) is 4. The van der Waals surface area contributed by atoms with Gasteiger partial charge < -0.3 is 5.32 Å². The summed E-state index contributed by atoms with van der Waals surface area (Å²) >= 11 is 18.2. The number of halogens is 5. The smallest absolute Gasteiger partial charge is 0.282 e. The molecule has 0 aliphatic rings. The molecule has 0 saturated carbocycles. The van der Waals surface area contributed by atoms with E-state index in [1.54, 1.807) is 25.1 Å². The summed E-state index contributed by atoms with van der Waals surface area (Å²) in [6.45, 7) is 1.66. The number of benzene rings is 1. The van der Waals surface area contributed by atoms with Gasteiger partial charge in [-0.05, 0) is 30.7 Å². The molecule has 1 aromatic carbocycles. The van der Waals surface area contributed by atoms with Crippen LogP contribution >= 0.6 is 34.8 Å². The van der Waals surface area contributed by atoms with E-state index in [1.807, 2.05) is 0 Å². The highest BCUT2D eigenvalue weighted by Crippen LogP contribution is 2.24. The van der Waals surface area contributed by atoms with Crippen molar-refractivity contribution in [2.75, 3.05) is 5.32 Å². The van der Waals surface area contributed by atoms with E-state index in [4.69, 9.17) is 34.8 Å². The first-order chi connectivity index (χ1) is 13.2. The van der Waals surface area contributed by atoms with Gasteiger partial charge in [0, 0.05) is 21.9 Å². The molecule has 28 heavy (non-hydrogen) atoms. The quantitative estimate of drug-likeness (QED) is 0.579. The Balaban J connectivity index is 1.68. The number of nitrogens with one attached hydrogen (secondary N) is 1. The summed E-state index contributed by atoms with van der Waals surface area (Å²) in [5, 5.41) is 11.7. The first-order valence-electron chi connectivity index (χ1n) is 8.02. The lowest BCUT2D eigenvalue weighted by Crippen LogP contribution is -2.21. The van der Waals surface area contributed by atoms with Gasteiger partial charge in [0.1, 0.15) is 17.3 Å². The van der Waals surface area contributed by atoms with Crippen molar-refractivity contribution in [1.82, 2.24) is 19.6 Å². The molecule has 0 saturated heterocycles. The molecule has 0 aliphatic heterocycles. The van der Waals surface area contributed by atoms with Crippen LogP contribution in [0.3, 0.4) is 0 Å². The predicted molar refractivity (Wildman–Crippen MR) is 103 cm³/mol. The number of rotatable bonds is 6. The molecule has 3 rings (SSSR count). The lowest BCUT2D eigenvalue weighted by Gasteiger charge is -2.06. The van der Waals surface area contributed by atoms with Crippen molar-refractivity contribution in [1.29, 1.82) is 0 Å². The molecule has 148 valence electrons. The van der Waals surface area contributed by atoms with E-state index in [1.165, 1.54) is 21.6 Å². The van der Waals surface area contributed by atoms with Crippen LogP contribution in [-0.4, -0.2) is 25.5 Å². The molecule has 0 atom stereocenters. The van der Waals surface area contributed by atoms with E-state index >= 15 is 0 Å². The van der Waals surface area contributed by atoms with Crippen LogP contribution < -0.4 is 5.32 Å². The van der Waals surface area contributed by atoms with E-state index in [0.717, 1.165) is 5.56 Å². The Bertz CT molecular complexity index is 1020. The van der Waals surface area contributed by atoms with Crippen molar-refractivity contribution < 1.29 is 13.6 Å². The SMILES string of the molecule is Cc1cc(C(F)F)nn1CC(=O)Nc1nn(Cc2ccc(Cl)cc2Cl)cc1Cl. The zero-order valence-corrected chi connectivity index (χ0v) is 16.7. The van der Waals surface area contributed by atoms with Crippen molar-refractivity contribution in [3.05, 3.63) is 62.5 Å². The maximum absolute atomic E-state index is 12.7. The molecular formula is C17H14Cl3F2N5O. The monoisotopic (exact) mass is 447 g/mol. The van der Waals surface area contributed by atoms with Crippen LogP contribution in [0.5, 0.6) is 0 Å². The van der Waals surface area contributed by atoms with Crippen LogP contribution in [0.2, 0.25) is 15.1 Å². The van der Waals surface area contributed by atoms with E-state index < -0.39 is 12.3 Å². The van der Waals surface area contributed by atoms with Gasteiger partial charge in [-0.1, -0.05) is 40.9 Å². The summed E-state index contributed by atoms with van der Waals surface area (Å²) in [5.74, 6) is -0.348. The zero-order valence-electron chi connectivity index (χ0n) is 14.5. The van der Waals surface area contributed by atoms with Gasteiger partial charge in [-0.3, -0.25) is 14.2 Å². The Morgan fingerprint density at radius 3 is 2.57 bits per heavy atom. The van der Waals surface area contributed by atoms with Gasteiger partial charge in [-0.25, -0.2) is 8.78 Å².